The van der Waals surface area contributed by atoms with Crippen molar-refractivity contribution in [2.75, 3.05) is 18.4 Å². The molecule has 2 rings (SSSR count). The van der Waals surface area contributed by atoms with Crippen molar-refractivity contribution in [3.8, 4) is 0 Å². The second kappa shape index (κ2) is 7.22. The number of thiazole rings is 1. The molecular formula is C14H19BrN2S. The standard InChI is InChI=1S/C14H19BrN2S/c1-2-3-9-17(10-8-15)11-14-16-12-6-4-5-7-13(12)18-14/h4-7H,2-3,8-11H2,1H3. The van der Waals surface area contributed by atoms with Crippen molar-refractivity contribution in [3.05, 3.63) is 29.3 Å². The number of rotatable bonds is 7. The van der Waals surface area contributed by atoms with Gasteiger partial charge in [0.05, 0.1) is 16.8 Å². The van der Waals surface area contributed by atoms with Gasteiger partial charge in [-0.25, -0.2) is 4.98 Å². The third-order valence-electron chi connectivity index (χ3n) is 2.93. The maximum absolute atomic E-state index is 4.70. The zero-order valence-corrected chi connectivity index (χ0v) is 13.1. The fraction of sp³-hybridized carbons (Fsp3) is 0.500. The molecule has 0 N–H and O–H groups in total. The molecule has 18 heavy (non-hydrogen) atoms. The first kappa shape index (κ1) is 14.0. The summed E-state index contributed by atoms with van der Waals surface area (Å²) in [6.07, 6.45) is 2.51. The first-order valence-corrected chi connectivity index (χ1v) is 8.40. The highest BCUT2D eigenvalue weighted by Crippen LogP contribution is 2.22. The zero-order valence-electron chi connectivity index (χ0n) is 10.7. The molecule has 0 bridgehead atoms. The van der Waals surface area contributed by atoms with Gasteiger partial charge in [0.2, 0.25) is 0 Å². The quantitative estimate of drug-likeness (QED) is 0.705. The fourth-order valence-electron chi connectivity index (χ4n) is 1.95. The van der Waals surface area contributed by atoms with Crippen LogP contribution in [0, 0.1) is 0 Å². The van der Waals surface area contributed by atoms with E-state index >= 15 is 0 Å². The van der Waals surface area contributed by atoms with Crippen LogP contribution >= 0.6 is 27.3 Å². The highest BCUT2D eigenvalue weighted by molar-refractivity contribution is 9.09. The zero-order chi connectivity index (χ0) is 12.8. The number of unbranched alkanes of at least 4 members (excludes halogenated alkanes) is 1. The summed E-state index contributed by atoms with van der Waals surface area (Å²) in [5.74, 6) is 0. The van der Waals surface area contributed by atoms with Crippen LogP contribution in [0.4, 0.5) is 0 Å². The third kappa shape index (κ3) is 3.77. The van der Waals surface area contributed by atoms with E-state index in [4.69, 9.17) is 4.98 Å². The van der Waals surface area contributed by atoms with E-state index < -0.39 is 0 Å². The molecule has 2 aromatic rings. The lowest BCUT2D eigenvalue weighted by atomic mass is 10.3. The molecule has 1 heterocycles. The van der Waals surface area contributed by atoms with Crippen LogP contribution in [-0.4, -0.2) is 28.3 Å². The highest BCUT2D eigenvalue weighted by Gasteiger charge is 2.09. The smallest absolute Gasteiger partial charge is 0.108 e. The lowest BCUT2D eigenvalue weighted by Gasteiger charge is -2.19. The van der Waals surface area contributed by atoms with Crippen LogP contribution < -0.4 is 0 Å². The Morgan fingerprint density at radius 3 is 2.83 bits per heavy atom. The molecule has 0 unspecified atom stereocenters. The van der Waals surface area contributed by atoms with Gasteiger partial charge in [0.1, 0.15) is 5.01 Å². The Morgan fingerprint density at radius 1 is 1.28 bits per heavy atom. The summed E-state index contributed by atoms with van der Waals surface area (Å²) in [6, 6.07) is 8.38. The van der Waals surface area contributed by atoms with Crippen LogP contribution in [0.1, 0.15) is 24.8 Å². The Balaban J connectivity index is 2.05. The van der Waals surface area contributed by atoms with Gasteiger partial charge in [-0.15, -0.1) is 11.3 Å². The molecule has 1 aromatic heterocycles. The Morgan fingerprint density at radius 2 is 2.11 bits per heavy atom. The molecule has 0 spiro atoms. The number of aromatic nitrogens is 1. The number of benzene rings is 1. The number of nitrogens with zero attached hydrogens (tertiary/aromatic N) is 2. The molecule has 0 radical (unpaired) electrons. The molecule has 1 aromatic carbocycles. The summed E-state index contributed by atoms with van der Waals surface area (Å²) in [6.45, 7) is 5.48. The molecule has 0 saturated heterocycles. The van der Waals surface area contributed by atoms with Gasteiger partial charge in [0, 0.05) is 11.9 Å². The predicted octanol–water partition coefficient (Wildman–Crippen LogP) is 4.29. The minimum absolute atomic E-state index is 0.977. The Labute approximate surface area is 121 Å². The predicted molar refractivity (Wildman–Crippen MR) is 83.6 cm³/mol. The molecule has 0 aliphatic rings. The average Bonchev–Trinajstić information content (AvgIpc) is 2.78. The Kier molecular flexibility index (Phi) is 5.60. The Bertz CT molecular complexity index is 450. The molecule has 0 fully saturated rings. The van der Waals surface area contributed by atoms with Crippen molar-refractivity contribution < 1.29 is 0 Å². The summed E-state index contributed by atoms with van der Waals surface area (Å²) in [4.78, 5) is 7.19. The number of hydrogen-bond acceptors (Lipinski definition) is 3. The average molecular weight is 327 g/mol. The van der Waals surface area contributed by atoms with Crippen LogP contribution in [0.3, 0.4) is 0 Å². The molecule has 98 valence electrons. The maximum Gasteiger partial charge on any atom is 0.108 e. The van der Waals surface area contributed by atoms with Crippen molar-refractivity contribution in [2.24, 2.45) is 0 Å². The molecule has 4 heteroatoms. The van der Waals surface area contributed by atoms with E-state index in [0.29, 0.717) is 0 Å². The molecule has 0 amide bonds. The van der Waals surface area contributed by atoms with Crippen molar-refractivity contribution in [1.82, 2.24) is 9.88 Å². The lowest BCUT2D eigenvalue weighted by molar-refractivity contribution is 0.278. The van der Waals surface area contributed by atoms with E-state index in [1.807, 2.05) is 11.3 Å². The molecule has 0 atom stereocenters. The van der Waals surface area contributed by atoms with Gasteiger partial charge in [-0.05, 0) is 25.1 Å². The SMILES string of the molecule is CCCCN(CCBr)Cc1nc2ccccc2s1. The van der Waals surface area contributed by atoms with Gasteiger partial charge in [-0.3, -0.25) is 4.90 Å². The van der Waals surface area contributed by atoms with Gasteiger partial charge < -0.3 is 0 Å². The summed E-state index contributed by atoms with van der Waals surface area (Å²) < 4.78 is 1.29. The largest absolute Gasteiger partial charge is 0.296 e. The van der Waals surface area contributed by atoms with Gasteiger partial charge in [-0.2, -0.15) is 0 Å². The van der Waals surface area contributed by atoms with E-state index in [2.05, 4.69) is 52.0 Å². The van der Waals surface area contributed by atoms with Crippen molar-refractivity contribution in [3.63, 3.8) is 0 Å². The van der Waals surface area contributed by atoms with Crippen LogP contribution in [0.2, 0.25) is 0 Å². The summed E-state index contributed by atoms with van der Waals surface area (Å²) >= 11 is 5.35. The van der Waals surface area contributed by atoms with Crippen molar-refractivity contribution >= 4 is 37.5 Å². The maximum atomic E-state index is 4.70. The van der Waals surface area contributed by atoms with Crippen LogP contribution in [-0.2, 0) is 6.54 Å². The topological polar surface area (TPSA) is 16.1 Å². The van der Waals surface area contributed by atoms with Gasteiger partial charge in [0.25, 0.3) is 0 Å². The van der Waals surface area contributed by atoms with Crippen LogP contribution in [0.15, 0.2) is 24.3 Å². The van der Waals surface area contributed by atoms with E-state index in [-0.39, 0.29) is 0 Å². The lowest BCUT2D eigenvalue weighted by Crippen LogP contribution is -2.26. The third-order valence-corrected chi connectivity index (χ3v) is 4.30. The van der Waals surface area contributed by atoms with Crippen molar-refractivity contribution in [2.45, 2.75) is 26.3 Å². The van der Waals surface area contributed by atoms with Crippen LogP contribution in [0.5, 0.6) is 0 Å². The van der Waals surface area contributed by atoms with Crippen molar-refractivity contribution in [1.29, 1.82) is 0 Å². The second-order valence-corrected chi connectivity index (χ2v) is 6.30. The highest BCUT2D eigenvalue weighted by atomic mass is 79.9. The first-order valence-electron chi connectivity index (χ1n) is 6.46. The number of halogens is 1. The van der Waals surface area contributed by atoms with E-state index in [1.54, 1.807) is 0 Å². The number of fused-ring (bicyclic) bond motifs is 1. The molecule has 0 saturated carbocycles. The summed E-state index contributed by atoms with van der Waals surface area (Å²) in [5.41, 5.74) is 1.13. The minimum atomic E-state index is 0.977. The van der Waals surface area contributed by atoms with Gasteiger partial charge in [0.15, 0.2) is 0 Å². The summed E-state index contributed by atoms with van der Waals surface area (Å²) in [5, 5.41) is 2.26. The van der Waals surface area contributed by atoms with E-state index in [0.717, 1.165) is 30.5 Å². The fourth-order valence-corrected chi connectivity index (χ4v) is 3.46. The number of alkyl halides is 1. The number of para-hydroxylation sites is 1. The minimum Gasteiger partial charge on any atom is -0.296 e. The van der Waals surface area contributed by atoms with Crippen LogP contribution in [0.25, 0.3) is 10.2 Å². The van der Waals surface area contributed by atoms with E-state index in [1.165, 1.54) is 22.5 Å². The Hall–Kier alpha value is -0.450. The van der Waals surface area contributed by atoms with Gasteiger partial charge >= 0.3 is 0 Å². The monoisotopic (exact) mass is 326 g/mol. The van der Waals surface area contributed by atoms with Gasteiger partial charge in [-0.1, -0.05) is 41.4 Å². The number of hydrogen-bond donors (Lipinski definition) is 0. The second-order valence-electron chi connectivity index (χ2n) is 4.39. The molecule has 0 aliphatic carbocycles. The molecular weight excluding hydrogens is 308 g/mol. The molecule has 0 aliphatic heterocycles. The normalized spacial score (nSPS) is 11.5. The first-order chi connectivity index (χ1) is 8.83. The van der Waals surface area contributed by atoms with E-state index in [9.17, 15) is 0 Å². The molecule has 2 nitrogen and oxygen atoms in total. The summed E-state index contributed by atoms with van der Waals surface area (Å²) in [7, 11) is 0.